The third-order valence-electron chi connectivity index (χ3n) is 3.05. The van der Waals surface area contributed by atoms with Gasteiger partial charge in [-0.3, -0.25) is 0 Å². The highest BCUT2D eigenvalue weighted by Gasteiger charge is 2.21. The molecule has 0 aliphatic heterocycles. The Morgan fingerprint density at radius 2 is 2.24 bits per heavy atom. The van der Waals surface area contributed by atoms with Gasteiger partial charge in [0, 0.05) is 9.51 Å². The minimum atomic E-state index is -0.507. The van der Waals surface area contributed by atoms with Crippen LogP contribution in [-0.2, 0) is 6.42 Å². The van der Waals surface area contributed by atoms with Gasteiger partial charge in [-0.05, 0) is 48.1 Å². The number of hydrogen-bond donors (Lipinski definition) is 1. The number of fused-ring (bicyclic) bond motifs is 1. The molecule has 1 aromatic rings. The average molecular weight is 314 g/mol. The second-order valence-corrected chi connectivity index (χ2v) is 5.47. The minimum absolute atomic E-state index is 0.507. The molecule has 0 fully saturated rings. The van der Waals surface area contributed by atoms with Crippen LogP contribution in [0.3, 0.4) is 0 Å². The van der Waals surface area contributed by atoms with E-state index in [1.807, 2.05) is 12.1 Å². The average Bonchev–Trinajstić information content (AvgIpc) is 2.30. The van der Waals surface area contributed by atoms with Crippen LogP contribution in [0.1, 0.15) is 24.0 Å². The van der Waals surface area contributed by atoms with Crippen LogP contribution >= 0.6 is 27.5 Å². The maximum absolute atomic E-state index is 10.0. The van der Waals surface area contributed by atoms with E-state index < -0.39 is 6.10 Å². The Hall–Kier alpha value is -0.570. The van der Waals surface area contributed by atoms with Gasteiger partial charge in [-0.25, -0.2) is 0 Å². The van der Waals surface area contributed by atoms with E-state index in [-0.39, 0.29) is 0 Å². The second-order valence-electron chi connectivity index (χ2n) is 4.18. The lowest BCUT2D eigenvalue weighted by Gasteiger charge is -2.23. The van der Waals surface area contributed by atoms with Gasteiger partial charge in [0.1, 0.15) is 0 Å². The molecule has 0 spiro atoms. The number of hydrogen-bond acceptors (Lipinski definition) is 1. The van der Waals surface area contributed by atoms with Gasteiger partial charge in [0.2, 0.25) is 0 Å². The van der Waals surface area contributed by atoms with Crippen molar-refractivity contribution in [1.29, 1.82) is 0 Å². The summed E-state index contributed by atoms with van der Waals surface area (Å²) in [4.78, 5) is 0. The molecule has 1 nitrogen and oxygen atoms in total. The van der Waals surface area contributed by atoms with Crippen molar-refractivity contribution in [2.75, 3.05) is 0 Å². The fourth-order valence-corrected chi connectivity index (χ4v) is 2.89. The van der Waals surface area contributed by atoms with Crippen molar-refractivity contribution in [2.24, 2.45) is 0 Å². The molecule has 0 bridgehead atoms. The summed E-state index contributed by atoms with van der Waals surface area (Å²) in [6, 6.07) is 6.12. The number of aryl methyl sites for hydroxylation is 1. The molecule has 0 amide bonds. The number of aliphatic hydroxyl groups excluding tert-OH is 1. The van der Waals surface area contributed by atoms with E-state index in [1.165, 1.54) is 5.56 Å². The Bertz CT molecular complexity index is 479. The second kappa shape index (κ2) is 5.38. The molecular formula is C14H14BrClO. The number of halogens is 2. The summed E-state index contributed by atoms with van der Waals surface area (Å²) in [5.41, 5.74) is 3.20. The summed E-state index contributed by atoms with van der Waals surface area (Å²) in [7, 11) is 0. The Balaban J connectivity index is 2.42. The maximum Gasteiger partial charge on any atom is 0.0802 e. The Morgan fingerprint density at radius 3 is 2.94 bits per heavy atom. The molecule has 1 aliphatic carbocycles. The van der Waals surface area contributed by atoms with E-state index >= 15 is 0 Å². The third kappa shape index (κ3) is 2.65. The fourth-order valence-electron chi connectivity index (χ4n) is 2.14. The zero-order chi connectivity index (χ0) is 12.4. The van der Waals surface area contributed by atoms with Crippen molar-refractivity contribution in [3.8, 4) is 0 Å². The highest BCUT2D eigenvalue weighted by atomic mass is 79.9. The van der Waals surface area contributed by atoms with Crippen molar-refractivity contribution in [3.63, 3.8) is 0 Å². The molecule has 0 saturated carbocycles. The molecule has 17 heavy (non-hydrogen) atoms. The molecule has 1 N–H and O–H groups in total. The standard InChI is InChI=1S/C14H14BrClO/c1-2-3-13(17)11-7-5-9-4-6-10(15)8-12(9)14(11)16/h2,4,6,8,13,17H,1,3,5,7H2. The molecule has 2 rings (SSSR count). The first-order chi connectivity index (χ1) is 8.13. The van der Waals surface area contributed by atoms with Crippen LogP contribution in [0.4, 0.5) is 0 Å². The molecular weight excluding hydrogens is 300 g/mol. The molecule has 0 radical (unpaired) electrons. The first kappa shape index (κ1) is 12.9. The van der Waals surface area contributed by atoms with Gasteiger partial charge in [-0.2, -0.15) is 0 Å². The van der Waals surface area contributed by atoms with Crippen LogP contribution in [0.25, 0.3) is 5.03 Å². The van der Waals surface area contributed by atoms with Crippen LogP contribution < -0.4 is 0 Å². The third-order valence-corrected chi connectivity index (χ3v) is 3.99. The van der Waals surface area contributed by atoms with Gasteiger partial charge in [-0.15, -0.1) is 6.58 Å². The lowest BCUT2D eigenvalue weighted by Crippen LogP contribution is -2.15. The van der Waals surface area contributed by atoms with Crippen LogP contribution in [0.2, 0.25) is 0 Å². The summed E-state index contributed by atoms with van der Waals surface area (Å²) in [5.74, 6) is 0. The highest BCUT2D eigenvalue weighted by molar-refractivity contribution is 9.10. The molecule has 1 aromatic carbocycles. The van der Waals surface area contributed by atoms with E-state index in [4.69, 9.17) is 11.6 Å². The SMILES string of the molecule is C=CCC(O)C1=C(Cl)c2cc(Br)ccc2CC1. The van der Waals surface area contributed by atoms with Crippen molar-refractivity contribution in [3.05, 3.63) is 52.0 Å². The maximum atomic E-state index is 10.0. The zero-order valence-corrected chi connectivity index (χ0v) is 11.8. The Morgan fingerprint density at radius 1 is 1.47 bits per heavy atom. The summed E-state index contributed by atoms with van der Waals surface area (Å²) >= 11 is 9.83. The first-order valence-electron chi connectivity index (χ1n) is 5.59. The zero-order valence-electron chi connectivity index (χ0n) is 9.42. The Kier molecular flexibility index (Phi) is 4.08. The smallest absolute Gasteiger partial charge is 0.0802 e. The van der Waals surface area contributed by atoms with Crippen LogP contribution in [0, 0.1) is 0 Å². The van der Waals surface area contributed by atoms with Crippen molar-refractivity contribution >= 4 is 32.6 Å². The van der Waals surface area contributed by atoms with E-state index in [0.717, 1.165) is 28.5 Å². The van der Waals surface area contributed by atoms with Gasteiger partial charge in [0.25, 0.3) is 0 Å². The summed E-state index contributed by atoms with van der Waals surface area (Å²) in [6.45, 7) is 3.65. The number of benzene rings is 1. The van der Waals surface area contributed by atoms with Gasteiger partial charge >= 0.3 is 0 Å². The van der Waals surface area contributed by atoms with E-state index in [1.54, 1.807) is 6.08 Å². The largest absolute Gasteiger partial charge is 0.388 e. The van der Waals surface area contributed by atoms with Crippen molar-refractivity contribution in [2.45, 2.75) is 25.4 Å². The predicted molar refractivity (Wildman–Crippen MR) is 76.1 cm³/mol. The first-order valence-corrected chi connectivity index (χ1v) is 6.77. The number of aliphatic hydroxyl groups is 1. The fraction of sp³-hybridized carbons (Fsp3) is 0.286. The Labute approximate surface area is 115 Å². The lowest BCUT2D eigenvalue weighted by molar-refractivity contribution is 0.210. The number of rotatable bonds is 3. The van der Waals surface area contributed by atoms with Gasteiger partial charge < -0.3 is 5.11 Å². The van der Waals surface area contributed by atoms with Gasteiger partial charge in [0.15, 0.2) is 0 Å². The van der Waals surface area contributed by atoms with E-state index in [9.17, 15) is 5.11 Å². The molecule has 3 heteroatoms. The molecule has 0 aromatic heterocycles. The van der Waals surface area contributed by atoms with Gasteiger partial charge in [0.05, 0.1) is 6.10 Å². The minimum Gasteiger partial charge on any atom is -0.388 e. The van der Waals surface area contributed by atoms with Crippen molar-refractivity contribution < 1.29 is 5.11 Å². The predicted octanol–water partition coefficient (Wildman–Crippen LogP) is 4.28. The quantitative estimate of drug-likeness (QED) is 0.826. The molecule has 1 unspecified atom stereocenters. The topological polar surface area (TPSA) is 20.2 Å². The molecule has 1 aliphatic rings. The summed E-state index contributed by atoms with van der Waals surface area (Å²) < 4.78 is 1.01. The van der Waals surface area contributed by atoms with Crippen LogP contribution in [0.15, 0.2) is 40.9 Å². The molecule has 0 saturated heterocycles. The van der Waals surface area contributed by atoms with Gasteiger partial charge in [-0.1, -0.05) is 39.7 Å². The molecule has 90 valence electrons. The molecule has 0 heterocycles. The summed E-state index contributed by atoms with van der Waals surface area (Å²) in [5, 5.41) is 10.7. The highest BCUT2D eigenvalue weighted by Crippen LogP contribution is 2.37. The van der Waals surface area contributed by atoms with Crippen LogP contribution in [0.5, 0.6) is 0 Å². The monoisotopic (exact) mass is 312 g/mol. The molecule has 1 atom stereocenters. The normalized spacial score (nSPS) is 16.6. The summed E-state index contributed by atoms with van der Waals surface area (Å²) in [6.07, 6.45) is 3.52. The lowest BCUT2D eigenvalue weighted by atomic mass is 9.88. The van der Waals surface area contributed by atoms with E-state index in [2.05, 4.69) is 28.6 Å². The van der Waals surface area contributed by atoms with Crippen LogP contribution in [-0.4, -0.2) is 11.2 Å². The van der Waals surface area contributed by atoms with E-state index in [0.29, 0.717) is 11.5 Å². The van der Waals surface area contributed by atoms with Crippen molar-refractivity contribution in [1.82, 2.24) is 0 Å².